The fourth-order valence-corrected chi connectivity index (χ4v) is 4.15. The van der Waals surface area contributed by atoms with Gasteiger partial charge in [-0.25, -0.2) is 4.79 Å². The summed E-state index contributed by atoms with van der Waals surface area (Å²) in [6.45, 7) is 2.16. The van der Waals surface area contributed by atoms with Crippen LogP contribution in [0.15, 0.2) is 60.7 Å². The van der Waals surface area contributed by atoms with Gasteiger partial charge in [0.05, 0.1) is 33.8 Å². The van der Waals surface area contributed by atoms with Crippen LogP contribution in [0.4, 0.5) is 13.2 Å². The van der Waals surface area contributed by atoms with Crippen LogP contribution in [0, 0.1) is 0 Å². The highest BCUT2D eigenvalue weighted by Gasteiger charge is 2.37. The molecule has 0 radical (unpaired) electrons. The van der Waals surface area contributed by atoms with Crippen molar-refractivity contribution in [1.29, 1.82) is 0 Å². The average Bonchev–Trinajstić information content (AvgIpc) is 3.27. The summed E-state index contributed by atoms with van der Waals surface area (Å²) in [5.41, 5.74) is -0.930. The molecule has 4 aromatic rings. The topological polar surface area (TPSA) is 78.3 Å². The highest BCUT2D eigenvalue weighted by Crippen LogP contribution is 2.36. The molecule has 4 rings (SSSR count). The molecule has 10 heteroatoms. The summed E-state index contributed by atoms with van der Waals surface area (Å²) in [6.07, 6.45) is -2.80. The molecule has 0 aliphatic heterocycles. The lowest BCUT2D eigenvalue weighted by Gasteiger charge is -2.13. The first-order chi connectivity index (χ1) is 17.7. The number of alkyl halides is 3. The van der Waals surface area contributed by atoms with Crippen LogP contribution in [-0.4, -0.2) is 34.6 Å². The maximum Gasteiger partial charge on any atom is 0.417 e. The predicted molar refractivity (Wildman–Crippen MR) is 132 cm³/mol. The smallest absolute Gasteiger partial charge is 0.417 e. The van der Waals surface area contributed by atoms with Gasteiger partial charge in [0.2, 0.25) is 0 Å². The minimum atomic E-state index is -4.82. The molecule has 0 N–H and O–H groups in total. The van der Waals surface area contributed by atoms with Gasteiger partial charge in [0.15, 0.2) is 6.29 Å². The molecule has 0 bridgehead atoms. The highest BCUT2D eigenvalue weighted by atomic mass is 35.5. The second-order valence-corrected chi connectivity index (χ2v) is 8.56. The number of nitrogens with zero attached hydrogens (tertiary/aromatic N) is 2. The van der Waals surface area contributed by atoms with E-state index in [9.17, 15) is 27.6 Å². The molecule has 0 atom stereocenters. The molecule has 3 aromatic carbocycles. The average molecular weight is 529 g/mol. The molecule has 0 aliphatic carbocycles. The molecule has 0 fully saturated rings. The lowest BCUT2D eigenvalue weighted by molar-refractivity contribution is -0.137. The number of aromatic nitrogens is 2. The van der Waals surface area contributed by atoms with Gasteiger partial charge in [-0.2, -0.15) is 23.0 Å². The third-order valence-electron chi connectivity index (χ3n) is 5.72. The van der Waals surface area contributed by atoms with Crippen LogP contribution >= 0.6 is 11.6 Å². The second-order valence-electron chi connectivity index (χ2n) is 8.15. The molecule has 0 aliphatic rings. The Kier molecular flexibility index (Phi) is 7.45. The fraction of sp³-hybridized carbons (Fsp3) is 0.185. The number of carbonyl (C=O) groups is 3. The van der Waals surface area contributed by atoms with E-state index in [4.69, 9.17) is 16.3 Å². The van der Waals surface area contributed by atoms with E-state index in [-0.39, 0.29) is 34.0 Å². The van der Waals surface area contributed by atoms with E-state index < -0.39 is 29.2 Å². The Bertz CT molecular complexity index is 1510. The van der Waals surface area contributed by atoms with Gasteiger partial charge in [0.1, 0.15) is 5.69 Å². The number of aldehydes is 1. The van der Waals surface area contributed by atoms with Crippen molar-refractivity contribution in [2.75, 3.05) is 6.61 Å². The van der Waals surface area contributed by atoms with Crippen molar-refractivity contribution in [1.82, 2.24) is 9.78 Å². The minimum absolute atomic E-state index is 0.0504. The standard InChI is InChI=1S/C27H20ClF3N2O4/c1-2-3-13-37-26(36)18-12-11-16(14-17(18)15-34)24-19-7-4-5-10-22(19)33(32-24)25(35)23-20(27(29,30)31)8-6-9-21(23)28/h4-12,14-15H,2-3,13H2,1H3. The van der Waals surface area contributed by atoms with Crippen LogP contribution in [0.25, 0.3) is 22.2 Å². The number of halogens is 4. The number of hydrogen-bond acceptors (Lipinski definition) is 5. The van der Waals surface area contributed by atoms with Crippen LogP contribution in [0.5, 0.6) is 0 Å². The van der Waals surface area contributed by atoms with E-state index in [0.717, 1.165) is 23.2 Å². The van der Waals surface area contributed by atoms with Gasteiger partial charge in [0, 0.05) is 16.5 Å². The minimum Gasteiger partial charge on any atom is -0.462 e. The van der Waals surface area contributed by atoms with Crippen LogP contribution in [0.1, 0.15) is 56.4 Å². The molecule has 6 nitrogen and oxygen atoms in total. The van der Waals surface area contributed by atoms with Gasteiger partial charge in [-0.3, -0.25) is 9.59 Å². The first-order valence-electron chi connectivity index (χ1n) is 11.3. The number of esters is 1. The SMILES string of the molecule is CCCCOC(=O)c1ccc(-c2nn(C(=O)c3c(Cl)cccc3C(F)(F)F)c3ccccc23)cc1C=O. The zero-order valence-corrected chi connectivity index (χ0v) is 20.3. The zero-order chi connectivity index (χ0) is 26.7. The van der Waals surface area contributed by atoms with Crippen molar-refractivity contribution in [2.45, 2.75) is 25.9 Å². The molecular formula is C27H20ClF3N2O4. The number of fused-ring (bicyclic) bond motifs is 1. The maximum atomic E-state index is 13.7. The third kappa shape index (κ3) is 5.13. The van der Waals surface area contributed by atoms with E-state index in [2.05, 4.69) is 5.10 Å². The Morgan fingerprint density at radius 1 is 1.08 bits per heavy atom. The largest absolute Gasteiger partial charge is 0.462 e. The van der Waals surface area contributed by atoms with Gasteiger partial charge in [-0.1, -0.05) is 55.3 Å². The zero-order valence-electron chi connectivity index (χ0n) is 19.5. The third-order valence-corrected chi connectivity index (χ3v) is 6.03. The second kappa shape index (κ2) is 10.6. The van der Waals surface area contributed by atoms with E-state index in [0.29, 0.717) is 23.7 Å². The Hall–Kier alpha value is -3.98. The van der Waals surface area contributed by atoms with Crippen molar-refractivity contribution < 1.29 is 32.3 Å². The first kappa shape index (κ1) is 26.1. The molecule has 190 valence electrons. The van der Waals surface area contributed by atoms with Gasteiger partial charge < -0.3 is 4.74 Å². The summed E-state index contributed by atoms with van der Waals surface area (Å²) in [4.78, 5) is 37.6. The number of rotatable bonds is 7. The molecule has 0 spiro atoms. The Labute approximate surface area is 214 Å². The quantitative estimate of drug-likeness (QED) is 0.149. The summed E-state index contributed by atoms with van der Waals surface area (Å²) in [6, 6.07) is 13.9. The normalized spacial score (nSPS) is 11.5. The predicted octanol–water partition coefficient (Wildman–Crippen LogP) is 6.83. The summed E-state index contributed by atoms with van der Waals surface area (Å²) in [7, 11) is 0. The van der Waals surface area contributed by atoms with Crippen molar-refractivity contribution in [3.05, 3.63) is 87.9 Å². The summed E-state index contributed by atoms with van der Waals surface area (Å²) in [5.74, 6) is -1.71. The Balaban J connectivity index is 1.83. The maximum absolute atomic E-state index is 13.7. The van der Waals surface area contributed by atoms with E-state index in [1.807, 2.05) is 6.92 Å². The van der Waals surface area contributed by atoms with Crippen molar-refractivity contribution >= 4 is 40.7 Å². The number of ether oxygens (including phenoxy) is 1. The first-order valence-corrected chi connectivity index (χ1v) is 11.7. The van der Waals surface area contributed by atoms with Crippen LogP contribution in [0.3, 0.4) is 0 Å². The van der Waals surface area contributed by atoms with Gasteiger partial charge >= 0.3 is 12.1 Å². The molecule has 0 saturated heterocycles. The molecule has 1 aromatic heterocycles. The fourth-order valence-electron chi connectivity index (χ4n) is 3.90. The number of hydrogen-bond donors (Lipinski definition) is 0. The van der Waals surface area contributed by atoms with E-state index in [1.54, 1.807) is 18.2 Å². The number of para-hydroxylation sites is 1. The summed E-state index contributed by atoms with van der Waals surface area (Å²) >= 11 is 6.04. The summed E-state index contributed by atoms with van der Waals surface area (Å²) in [5, 5.41) is 4.40. The van der Waals surface area contributed by atoms with Crippen molar-refractivity contribution in [3.63, 3.8) is 0 Å². The highest BCUT2D eigenvalue weighted by molar-refractivity contribution is 6.34. The summed E-state index contributed by atoms with van der Waals surface area (Å²) < 4.78 is 47.0. The van der Waals surface area contributed by atoms with Crippen LogP contribution < -0.4 is 0 Å². The number of unbranched alkanes of at least 4 members (excludes halogenated alkanes) is 1. The van der Waals surface area contributed by atoms with Crippen molar-refractivity contribution in [3.8, 4) is 11.3 Å². The number of carbonyl (C=O) groups excluding carboxylic acids is 3. The lowest BCUT2D eigenvalue weighted by atomic mass is 10.0. The molecular weight excluding hydrogens is 509 g/mol. The molecule has 0 unspecified atom stereocenters. The van der Waals surface area contributed by atoms with Gasteiger partial charge in [0.25, 0.3) is 5.91 Å². The Morgan fingerprint density at radius 2 is 1.84 bits per heavy atom. The lowest BCUT2D eigenvalue weighted by Crippen LogP contribution is -2.20. The van der Waals surface area contributed by atoms with Gasteiger partial charge in [-0.05, 0) is 36.8 Å². The molecule has 1 heterocycles. The van der Waals surface area contributed by atoms with E-state index in [1.165, 1.54) is 30.3 Å². The van der Waals surface area contributed by atoms with E-state index >= 15 is 0 Å². The van der Waals surface area contributed by atoms with Gasteiger partial charge in [-0.15, -0.1) is 0 Å². The van der Waals surface area contributed by atoms with Crippen molar-refractivity contribution in [2.24, 2.45) is 0 Å². The molecule has 37 heavy (non-hydrogen) atoms. The Morgan fingerprint density at radius 3 is 2.54 bits per heavy atom. The molecule has 0 amide bonds. The number of benzene rings is 3. The van der Waals surface area contributed by atoms with Crippen LogP contribution in [0.2, 0.25) is 5.02 Å². The van der Waals surface area contributed by atoms with Crippen LogP contribution in [-0.2, 0) is 10.9 Å². The monoisotopic (exact) mass is 528 g/mol. The molecule has 0 saturated carbocycles.